The van der Waals surface area contributed by atoms with Crippen molar-refractivity contribution in [2.45, 2.75) is 32.4 Å². The second-order valence-electron chi connectivity index (χ2n) is 4.66. The molecule has 94 valence electrons. The van der Waals surface area contributed by atoms with Crippen LogP contribution in [0, 0.1) is 12.7 Å². The molecule has 1 aliphatic rings. The van der Waals surface area contributed by atoms with E-state index in [4.69, 9.17) is 0 Å². The number of rotatable bonds is 2. The molecule has 4 nitrogen and oxygen atoms in total. The number of halogens is 1. The predicted molar refractivity (Wildman–Crippen MR) is 66.9 cm³/mol. The van der Waals surface area contributed by atoms with Crippen LogP contribution in [0.1, 0.15) is 17.9 Å². The van der Waals surface area contributed by atoms with Crippen LogP contribution in [0.4, 0.5) is 10.2 Å². The number of hydrogen-bond donors (Lipinski definition) is 1. The van der Waals surface area contributed by atoms with Gasteiger partial charge in [0.15, 0.2) is 11.6 Å². The lowest BCUT2D eigenvalue weighted by Gasteiger charge is -2.25. The van der Waals surface area contributed by atoms with Crippen molar-refractivity contribution in [3.8, 4) is 0 Å². The van der Waals surface area contributed by atoms with Gasteiger partial charge in [-0.05, 0) is 25.5 Å². The van der Waals surface area contributed by atoms with Crippen molar-refractivity contribution in [3.63, 3.8) is 0 Å². The van der Waals surface area contributed by atoms with Gasteiger partial charge >= 0.3 is 0 Å². The zero-order valence-electron chi connectivity index (χ0n) is 10.2. The Kier molecular flexibility index (Phi) is 2.74. The van der Waals surface area contributed by atoms with Crippen LogP contribution in [0.5, 0.6) is 0 Å². The second kappa shape index (κ2) is 4.40. The Morgan fingerprint density at radius 2 is 2.39 bits per heavy atom. The van der Waals surface area contributed by atoms with E-state index in [1.54, 1.807) is 12.3 Å². The fraction of sp³-hybridized carbons (Fsp3) is 0.385. The minimum Gasteiger partial charge on any atom is -0.363 e. The molecule has 0 bridgehead atoms. The first-order chi connectivity index (χ1) is 8.72. The summed E-state index contributed by atoms with van der Waals surface area (Å²) in [6.45, 7) is 2.80. The molecule has 2 aromatic heterocycles. The van der Waals surface area contributed by atoms with Crippen LogP contribution in [-0.2, 0) is 13.0 Å². The van der Waals surface area contributed by atoms with E-state index < -0.39 is 0 Å². The summed E-state index contributed by atoms with van der Waals surface area (Å²) in [6, 6.07) is 3.22. The fourth-order valence-electron chi connectivity index (χ4n) is 2.39. The summed E-state index contributed by atoms with van der Waals surface area (Å²) >= 11 is 0. The molecule has 0 spiro atoms. The topological polar surface area (TPSA) is 42.7 Å². The van der Waals surface area contributed by atoms with Gasteiger partial charge in [0.05, 0.1) is 5.69 Å². The molecular weight excluding hydrogens is 231 g/mol. The molecule has 0 saturated carbocycles. The lowest BCUT2D eigenvalue weighted by molar-refractivity contribution is 0.472. The van der Waals surface area contributed by atoms with Gasteiger partial charge in [0.2, 0.25) is 0 Å². The number of anilines is 1. The molecule has 3 rings (SSSR count). The van der Waals surface area contributed by atoms with Crippen LogP contribution in [-0.4, -0.2) is 20.6 Å². The molecule has 1 atom stereocenters. The van der Waals surface area contributed by atoms with Gasteiger partial charge in [0.25, 0.3) is 0 Å². The molecule has 2 aromatic rings. The lowest BCUT2D eigenvalue weighted by Crippen LogP contribution is -2.31. The molecule has 1 N–H and O–H groups in total. The molecule has 0 amide bonds. The van der Waals surface area contributed by atoms with Gasteiger partial charge in [-0.1, -0.05) is 0 Å². The highest BCUT2D eigenvalue weighted by molar-refractivity contribution is 5.36. The van der Waals surface area contributed by atoms with E-state index in [9.17, 15) is 4.39 Å². The summed E-state index contributed by atoms with van der Waals surface area (Å²) in [4.78, 5) is 8.48. The monoisotopic (exact) mass is 246 g/mol. The third-order valence-corrected chi connectivity index (χ3v) is 3.21. The molecule has 3 heterocycles. The normalized spacial score (nSPS) is 18.4. The van der Waals surface area contributed by atoms with Gasteiger partial charge in [0, 0.05) is 31.4 Å². The third kappa shape index (κ3) is 2.08. The van der Waals surface area contributed by atoms with Crippen molar-refractivity contribution in [3.05, 3.63) is 41.9 Å². The molecular formula is C13H15FN4. The molecule has 0 unspecified atom stereocenters. The SMILES string of the molecule is Cc1cn2c(n1)CC[C@H](Nc1ncccc1F)C2. The zero-order chi connectivity index (χ0) is 12.5. The number of nitrogens with one attached hydrogen (secondary N) is 1. The first kappa shape index (κ1) is 11.2. The average molecular weight is 246 g/mol. The second-order valence-corrected chi connectivity index (χ2v) is 4.66. The van der Waals surface area contributed by atoms with Crippen molar-refractivity contribution in [1.29, 1.82) is 0 Å². The maximum absolute atomic E-state index is 13.5. The molecule has 0 fully saturated rings. The van der Waals surface area contributed by atoms with E-state index in [0.29, 0.717) is 5.82 Å². The Hall–Kier alpha value is -1.91. The Bertz CT molecular complexity index is 564. The zero-order valence-corrected chi connectivity index (χ0v) is 10.2. The summed E-state index contributed by atoms with van der Waals surface area (Å²) in [5.74, 6) is 1.15. The fourth-order valence-corrected chi connectivity index (χ4v) is 2.39. The first-order valence-electron chi connectivity index (χ1n) is 6.12. The summed E-state index contributed by atoms with van der Waals surface area (Å²) < 4.78 is 15.6. The van der Waals surface area contributed by atoms with E-state index in [1.807, 2.05) is 13.1 Å². The molecule has 0 radical (unpaired) electrons. The van der Waals surface area contributed by atoms with Crippen molar-refractivity contribution in [2.24, 2.45) is 0 Å². The van der Waals surface area contributed by atoms with Crippen LogP contribution in [0.25, 0.3) is 0 Å². The van der Waals surface area contributed by atoms with Crippen LogP contribution in [0.2, 0.25) is 0 Å². The Balaban J connectivity index is 1.75. The van der Waals surface area contributed by atoms with E-state index >= 15 is 0 Å². The smallest absolute Gasteiger partial charge is 0.165 e. The summed E-state index contributed by atoms with van der Waals surface area (Å²) in [5.41, 5.74) is 1.04. The minimum atomic E-state index is -0.301. The van der Waals surface area contributed by atoms with Crippen LogP contribution in [0.15, 0.2) is 24.5 Å². The van der Waals surface area contributed by atoms with Crippen LogP contribution in [0.3, 0.4) is 0 Å². The van der Waals surface area contributed by atoms with Crippen molar-refractivity contribution < 1.29 is 4.39 Å². The Labute approximate surface area is 105 Å². The highest BCUT2D eigenvalue weighted by Gasteiger charge is 2.20. The quantitative estimate of drug-likeness (QED) is 0.883. The highest BCUT2D eigenvalue weighted by Crippen LogP contribution is 2.19. The molecule has 0 aliphatic carbocycles. The number of fused-ring (bicyclic) bond motifs is 1. The van der Waals surface area contributed by atoms with Crippen molar-refractivity contribution in [2.75, 3.05) is 5.32 Å². The minimum absolute atomic E-state index is 0.204. The highest BCUT2D eigenvalue weighted by atomic mass is 19.1. The summed E-state index contributed by atoms with van der Waals surface area (Å²) in [5, 5.41) is 3.16. The van der Waals surface area contributed by atoms with Gasteiger partial charge in [-0.15, -0.1) is 0 Å². The number of pyridine rings is 1. The van der Waals surface area contributed by atoms with Crippen molar-refractivity contribution >= 4 is 5.82 Å². The molecule has 0 aromatic carbocycles. The van der Waals surface area contributed by atoms with Crippen molar-refractivity contribution in [1.82, 2.24) is 14.5 Å². The lowest BCUT2D eigenvalue weighted by atomic mass is 10.1. The van der Waals surface area contributed by atoms with Gasteiger partial charge < -0.3 is 9.88 Å². The Morgan fingerprint density at radius 3 is 3.22 bits per heavy atom. The summed E-state index contributed by atoms with van der Waals surface area (Å²) in [6.07, 6.45) is 5.51. The predicted octanol–water partition coefficient (Wildman–Crippen LogP) is 2.15. The third-order valence-electron chi connectivity index (χ3n) is 3.21. The molecule has 1 aliphatic heterocycles. The van der Waals surface area contributed by atoms with E-state index in [1.165, 1.54) is 6.07 Å². The van der Waals surface area contributed by atoms with Gasteiger partial charge in [0.1, 0.15) is 5.82 Å². The maximum atomic E-state index is 13.5. The average Bonchev–Trinajstić information content (AvgIpc) is 2.71. The molecule has 5 heteroatoms. The molecule has 18 heavy (non-hydrogen) atoms. The first-order valence-corrected chi connectivity index (χ1v) is 6.12. The van der Waals surface area contributed by atoms with Crippen LogP contribution < -0.4 is 5.32 Å². The maximum Gasteiger partial charge on any atom is 0.165 e. The molecule has 0 saturated heterocycles. The summed E-state index contributed by atoms with van der Waals surface area (Å²) in [7, 11) is 0. The van der Waals surface area contributed by atoms with Gasteiger partial charge in [-0.3, -0.25) is 0 Å². The van der Waals surface area contributed by atoms with E-state index in [-0.39, 0.29) is 11.9 Å². The van der Waals surface area contributed by atoms with E-state index in [2.05, 4.69) is 19.9 Å². The largest absolute Gasteiger partial charge is 0.363 e. The van der Waals surface area contributed by atoms with Gasteiger partial charge in [-0.2, -0.15) is 0 Å². The van der Waals surface area contributed by atoms with Gasteiger partial charge in [-0.25, -0.2) is 14.4 Å². The number of aromatic nitrogens is 3. The number of aryl methyl sites for hydroxylation is 2. The standard InChI is InChI=1S/C13H15FN4/c1-9-7-18-8-10(4-5-12(18)16-9)17-13-11(14)3-2-6-15-13/h2-3,6-7,10H,4-5,8H2,1H3,(H,15,17)/t10-/m0/s1. The number of hydrogen-bond acceptors (Lipinski definition) is 3. The van der Waals surface area contributed by atoms with E-state index in [0.717, 1.165) is 30.9 Å². The Morgan fingerprint density at radius 1 is 1.50 bits per heavy atom. The number of nitrogens with zero attached hydrogens (tertiary/aromatic N) is 3. The number of imidazole rings is 1. The van der Waals surface area contributed by atoms with Crippen LogP contribution >= 0.6 is 0 Å².